The van der Waals surface area contributed by atoms with E-state index in [1.807, 2.05) is 41.9 Å². The molecule has 3 N–H and O–H groups in total. The highest BCUT2D eigenvalue weighted by atomic mass is 16.2. The molecule has 0 fully saturated rings. The van der Waals surface area contributed by atoms with Gasteiger partial charge in [0.1, 0.15) is 5.82 Å². The van der Waals surface area contributed by atoms with Crippen molar-refractivity contribution in [1.29, 1.82) is 0 Å². The van der Waals surface area contributed by atoms with E-state index in [1.54, 1.807) is 6.20 Å². The molecule has 0 unspecified atom stereocenters. The van der Waals surface area contributed by atoms with E-state index >= 15 is 0 Å². The molecule has 5 heteroatoms. The third-order valence-corrected chi connectivity index (χ3v) is 2.16. The van der Waals surface area contributed by atoms with Gasteiger partial charge in [0, 0.05) is 18.8 Å². The minimum absolute atomic E-state index is 0.453. The van der Waals surface area contributed by atoms with Crippen LogP contribution in [-0.2, 0) is 7.05 Å². The monoisotopic (exact) mass is 216 g/mol. The van der Waals surface area contributed by atoms with Gasteiger partial charge >= 0.3 is 6.03 Å². The van der Waals surface area contributed by atoms with Crippen LogP contribution in [0.3, 0.4) is 0 Å². The Bertz CT molecular complexity index is 504. The van der Waals surface area contributed by atoms with Crippen molar-refractivity contribution >= 4 is 11.8 Å². The van der Waals surface area contributed by atoms with Gasteiger partial charge in [0.05, 0.1) is 0 Å². The molecule has 0 aliphatic carbocycles. The molecule has 2 rings (SSSR count). The van der Waals surface area contributed by atoms with Crippen molar-refractivity contribution in [2.75, 3.05) is 5.32 Å². The van der Waals surface area contributed by atoms with E-state index in [0.29, 0.717) is 5.82 Å². The number of carbonyl (C=O) groups excluding carboxylic acids is 1. The second kappa shape index (κ2) is 4.06. The number of anilines is 1. The summed E-state index contributed by atoms with van der Waals surface area (Å²) in [5.41, 5.74) is 6.01. The lowest BCUT2D eigenvalue weighted by Gasteiger charge is -1.99. The molecule has 0 atom stereocenters. The van der Waals surface area contributed by atoms with Crippen LogP contribution < -0.4 is 11.1 Å². The van der Waals surface area contributed by atoms with Gasteiger partial charge in [0.2, 0.25) is 0 Å². The number of nitrogens with one attached hydrogen (secondary N) is 1. The molecule has 5 nitrogen and oxygen atoms in total. The van der Waals surface area contributed by atoms with Crippen LogP contribution in [0.25, 0.3) is 11.4 Å². The van der Waals surface area contributed by atoms with Gasteiger partial charge in [-0.05, 0) is 0 Å². The van der Waals surface area contributed by atoms with Crippen LogP contribution in [0.2, 0.25) is 0 Å². The van der Waals surface area contributed by atoms with E-state index in [0.717, 1.165) is 11.4 Å². The molecule has 2 aromatic rings. The number of hydrogen-bond acceptors (Lipinski definition) is 2. The summed E-state index contributed by atoms with van der Waals surface area (Å²) in [5.74, 6) is 1.23. The number of primary amides is 1. The Morgan fingerprint density at radius 2 is 2.06 bits per heavy atom. The van der Waals surface area contributed by atoms with Crippen LogP contribution in [0.5, 0.6) is 0 Å². The Morgan fingerprint density at radius 1 is 1.38 bits per heavy atom. The second-order valence-corrected chi connectivity index (χ2v) is 3.42. The number of nitrogens with two attached hydrogens (primary N) is 1. The topological polar surface area (TPSA) is 72.9 Å². The summed E-state index contributed by atoms with van der Waals surface area (Å²) in [7, 11) is 1.86. The summed E-state index contributed by atoms with van der Waals surface area (Å²) in [6, 6.07) is 9.11. The van der Waals surface area contributed by atoms with E-state index in [4.69, 9.17) is 5.73 Å². The molecule has 82 valence electrons. The molecule has 1 aromatic heterocycles. The number of rotatable bonds is 2. The fraction of sp³-hybridized carbons (Fsp3) is 0.0909. The number of hydrogen-bond donors (Lipinski definition) is 2. The zero-order valence-electron chi connectivity index (χ0n) is 8.84. The van der Waals surface area contributed by atoms with Crippen molar-refractivity contribution in [3.63, 3.8) is 0 Å². The third-order valence-electron chi connectivity index (χ3n) is 2.16. The predicted molar refractivity (Wildman–Crippen MR) is 61.9 cm³/mol. The van der Waals surface area contributed by atoms with Crippen LogP contribution >= 0.6 is 0 Å². The predicted octanol–water partition coefficient (Wildman–Crippen LogP) is 1.58. The van der Waals surface area contributed by atoms with Crippen LogP contribution in [0, 0.1) is 0 Å². The largest absolute Gasteiger partial charge is 0.351 e. The molecule has 0 aliphatic rings. The summed E-state index contributed by atoms with van der Waals surface area (Å²) in [6.07, 6.45) is 1.72. The number of aromatic nitrogens is 2. The zero-order valence-corrected chi connectivity index (χ0v) is 8.84. The highest BCUT2D eigenvalue weighted by molar-refractivity contribution is 5.86. The molecule has 0 radical (unpaired) electrons. The summed E-state index contributed by atoms with van der Waals surface area (Å²) in [6.45, 7) is 0. The van der Waals surface area contributed by atoms with Crippen LogP contribution in [0.4, 0.5) is 10.6 Å². The number of amides is 2. The van der Waals surface area contributed by atoms with E-state index < -0.39 is 6.03 Å². The van der Waals surface area contributed by atoms with E-state index in [1.165, 1.54) is 0 Å². The average molecular weight is 216 g/mol. The normalized spacial score (nSPS) is 10.1. The number of urea groups is 1. The van der Waals surface area contributed by atoms with Gasteiger partial charge in [-0.25, -0.2) is 9.78 Å². The van der Waals surface area contributed by atoms with Crippen molar-refractivity contribution in [1.82, 2.24) is 9.55 Å². The first-order valence-electron chi connectivity index (χ1n) is 4.82. The number of nitrogens with zero attached hydrogens (tertiary/aromatic N) is 2. The Balaban J connectivity index is 2.36. The molecule has 0 aliphatic heterocycles. The summed E-state index contributed by atoms with van der Waals surface area (Å²) < 4.78 is 1.83. The summed E-state index contributed by atoms with van der Waals surface area (Å²) >= 11 is 0. The molecule has 2 amide bonds. The Labute approximate surface area is 92.9 Å². The van der Waals surface area contributed by atoms with Crippen molar-refractivity contribution in [2.24, 2.45) is 12.8 Å². The molecule has 1 aromatic carbocycles. The van der Waals surface area contributed by atoms with Gasteiger partial charge < -0.3 is 10.3 Å². The lowest BCUT2D eigenvalue weighted by Crippen LogP contribution is -2.19. The standard InChI is InChI=1S/C11H12N4O/c1-15-7-9(14-11(12)16)13-10(15)8-5-3-2-4-6-8/h2-7H,1H3,(H3,12,14,16). The van der Waals surface area contributed by atoms with E-state index in [9.17, 15) is 4.79 Å². The van der Waals surface area contributed by atoms with Gasteiger partial charge in [-0.3, -0.25) is 5.32 Å². The van der Waals surface area contributed by atoms with E-state index in [2.05, 4.69) is 10.3 Å². The number of carbonyl (C=O) groups is 1. The fourth-order valence-electron chi connectivity index (χ4n) is 1.51. The number of benzene rings is 1. The van der Waals surface area contributed by atoms with Gasteiger partial charge in [-0.15, -0.1) is 0 Å². The second-order valence-electron chi connectivity index (χ2n) is 3.42. The first-order valence-corrected chi connectivity index (χ1v) is 4.82. The van der Waals surface area contributed by atoms with Gasteiger partial charge in [0.25, 0.3) is 0 Å². The van der Waals surface area contributed by atoms with Crippen LogP contribution in [0.15, 0.2) is 36.5 Å². The molecule has 0 spiro atoms. The van der Waals surface area contributed by atoms with Crippen LogP contribution in [0.1, 0.15) is 0 Å². The smallest absolute Gasteiger partial charge is 0.317 e. The SMILES string of the molecule is Cn1cc(NC(N)=O)nc1-c1ccccc1. The van der Waals surface area contributed by atoms with Crippen molar-refractivity contribution in [2.45, 2.75) is 0 Å². The van der Waals surface area contributed by atoms with Gasteiger partial charge in [-0.2, -0.15) is 0 Å². The Morgan fingerprint density at radius 3 is 2.69 bits per heavy atom. The van der Waals surface area contributed by atoms with Crippen molar-refractivity contribution < 1.29 is 4.79 Å². The van der Waals surface area contributed by atoms with Crippen molar-refractivity contribution in [3.05, 3.63) is 36.5 Å². The fourth-order valence-corrected chi connectivity index (χ4v) is 1.51. The van der Waals surface area contributed by atoms with E-state index in [-0.39, 0.29) is 0 Å². The Kier molecular flexibility index (Phi) is 2.59. The molecular formula is C11H12N4O. The maximum absolute atomic E-state index is 10.7. The average Bonchev–Trinajstić information content (AvgIpc) is 2.60. The lowest BCUT2D eigenvalue weighted by atomic mass is 10.2. The van der Waals surface area contributed by atoms with Crippen LogP contribution in [-0.4, -0.2) is 15.6 Å². The first-order chi connectivity index (χ1) is 7.66. The minimum Gasteiger partial charge on any atom is -0.351 e. The summed E-state index contributed by atoms with van der Waals surface area (Å²) in [4.78, 5) is 15.0. The number of imidazole rings is 1. The third kappa shape index (κ3) is 2.03. The lowest BCUT2D eigenvalue weighted by molar-refractivity contribution is 0.259. The quantitative estimate of drug-likeness (QED) is 0.799. The molecule has 0 saturated heterocycles. The van der Waals surface area contributed by atoms with Gasteiger partial charge in [-0.1, -0.05) is 30.3 Å². The molecule has 1 heterocycles. The first kappa shape index (κ1) is 10.2. The molecule has 0 bridgehead atoms. The maximum atomic E-state index is 10.7. The summed E-state index contributed by atoms with van der Waals surface area (Å²) in [5, 5.41) is 2.44. The van der Waals surface area contributed by atoms with Gasteiger partial charge in [0.15, 0.2) is 5.82 Å². The Hall–Kier alpha value is -2.30. The molecular weight excluding hydrogens is 204 g/mol. The highest BCUT2D eigenvalue weighted by Crippen LogP contribution is 2.19. The maximum Gasteiger partial charge on any atom is 0.317 e. The highest BCUT2D eigenvalue weighted by Gasteiger charge is 2.07. The zero-order chi connectivity index (χ0) is 11.5. The minimum atomic E-state index is -0.613. The number of aryl methyl sites for hydroxylation is 1. The molecule has 0 saturated carbocycles. The van der Waals surface area contributed by atoms with Crippen molar-refractivity contribution in [3.8, 4) is 11.4 Å². The molecule has 16 heavy (non-hydrogen) atoms.